The molecule has 5 N–H and O–H groups in total. The second-order valence-electron chi connectivity index (χ2n) is 6.53. The van der Waals surface area contributed by atoms with Crippen LogP contribution < -0.4 is 16.5 Å². The van der Waals surface area contributed by atoms with Gasteiger partial charge in [-0.15, -0.1) is 0 Å². The average Bonchev–Trinajstić information content (AvgIpc) is 2.71. The fourth-order valence-electron chi connectivity index (χ4n) is 2.29. The lowest BCUT2D eigenvalue weighted by Crippen LogP contribution is -2.50. The molecule has 8 heteroatoms. The number of benzene rings is 1. The summed E-state index contributed by atoms with van der Waals surface area (Å²) >= 11 is 2.23. The normalized spacial score (nSPS) is 14.8. The number of allylic oxidation sites excluding steroid dienone is 4. The Bertz CT molecular complexity index is 825. The van der Waals surface area contributed by atoms with Gasteiger partial charge < -0.3 is 11.1 Å². The first kappa shape index (κ1) is 24.7. The van der Waals surface area contributed by atoms with Crippen molar-refractivity contribution in [3.63, 3.8) is 0 Å². The van der Waals surface area contributed by atoms with E-state index >= 15 is 0 Å². The van der Waals surface area contributed by atoms with Gasteiger partial charge in [-0.1, -0.05) is 18.2 Å². The van der Waals surface area contributed by atoms with Gasteiger partial charge in [-0.3, -0.25) is 14.8 Å². The highest BCUT2D eigenvalue weighted by molar-refractivity contribution is 14.1. The predicted molar refractivity (Wildman–Crippen MR) is 124 cm³/mol. The van der Waals surface area contributed by atoms with Crippen molar-refractivity contribution in [1.29, 1.82) is 0 Å². The lowest BCUT2D eigenvalue weighted by atomic mass is 9.89. The molecule has 0 saturated carbocycles. The monoisotopic (exact) mass is 510 g/mol. The van der Waals surface area contributed by atoms with Gasteiger partial charge in [0.1, 0.15) is 5.82 Å². The van der Waals surface area contributed by atoms with E-state index in [4.69, 9.17) is 10.9 Å². The van der Waals surface area contributed by atoms with Crippen LogP contribution in [0, 0.1) is 3.57 Å². The Kier molecular flexibility index (Phi) is 10.5. The number of aliphatic imine (C=N–C) groups is 1. The van der Waals surface area contributed by atoms with Crippen molar-refractivity contribution in [3.05, 3.63) is 69.1 Å². The molecule has 0 aliphatic rings. The van der Waals surface area contributed by atoms with Crippen LogP contribution in [0.1, 0.15) is 26.3 Å². The Morgan fingerprint density at radius 3 is 2.41 bits per heavy atom. The molecule has 0 aromatic heterocycles. The molecule has 0 spiro atoms. The zero-order valence-electron chi connectivity index (χ0n) is 16.8. The average molecular weight is 510 g/mol. The highest BCUT2D eigenvalue weighted by atomic mass is 127. The van der Waals surface area contributed by atoms with E-state index in [1.165, 1.54) is 17.6 Å². The van der Waals surface area contributed by atoms with Crippen LogP contribution in [-0.2, 0) is 16.0 Å². The molecule has 1 atom stereocenters. The molecule has 0 radical (unpaired) electrons. The van der Waals surface area contributed by atoms with Crippen LogP contribution in [0.25, 0.3) is 0 Å². The van der Waals surface area contributed by atoms with Crippen LogP contribution in [0.4, 0.5) is 0 Å². The fraction of sp³-hybridized carbons (Fsp3) is 0.286. The number of hydrogen-bond acceptors (Lipinski definition) is 6. The number of nitrogens with zero attached hydrogens (tertiary/aromatic N) is 1. The van der Waals surface area contributed by atoms with Gasteiger partial charge in [-0.2, -0.15) is 0 Å². The molecule has 0 aliphatic heterocycles. The quantitative estimate of drug-likeness (QED) is 0.0965. The van der Waals surface area contributed by atoms with Gasteiger partial charge in [0.05, 0.1) is 12.1 Å². The van der Waals surface area contributed by atoms with Gasteiger partial charge in [0, 0.05) is 15.9 Å². The van der Waals surface area contributed by atoms with Crippen molar-refractivity contribution in [2.45, 2.75) is 32.7 Å². The molecule has 1 rings (SSSR count). The summed E-state index contributed by atoms with van der Waals surface area (Å²) in [5.74, 6) is -0.262. The molecule has 0 aliphatic carbocycles. The predicted octanol–water partition coefficient (Wildman–Crippen LogP) is 2.65. The molecular formula is C21H27IN4O3. The van der Waals surface area contributed by atoms with E-state index in [1.54, 1.807) is 39.1 Å². The van der Waals surface area contributed by atoms with Gasteiger partial charge >= 0.3 is 0 Å². The van der Waals surface area contributed by atoms with E-state index in [1.807, 2.05) is 24.3 Å². The first-order valence-corrected chi connectivity index (χ1v) is 10.1. The third-order valence-corrected chi connectivity index (χ3v) is 4.77. The largest absolute Gasteiger partial charge is 0.363 e. The van der Waals surface area contributed by atoms with E-state index in [-0.39, 0.29) is 12.3 Å². The van der Waals surface area contributed by atoms with Crippen LogP contribution in [0.2, 0.25) is 0 Å². The molecular weight excluding hydrogens is 483 g/mol. The Labute approximate surface area is 185 Å². The number of carbonyl (C=O) groups excluding carboxylic acids is 2. The summed E-state index contributed by atoms with van der Waals surface area (Å²) in [4.78, 5) is 27.9. The molecule has 1 aromatic rings. The lowest BCUT2D eigenvalue weighted by Gasteiger charge is -2.23. The number of amides is 1. The SMILES string of the molecule is CC=C(/C=N\C(=C/C)NCC(=O)C(C)(N)Cc1ccc(I)cc1)/C=C/C(=O)NO. The van der Waals surface area contributed by atoms with Crippen molar-refractivity contribution in [2.24, 2.45) is 10.7 Å². The Balaban J connectivity index is 2.68. The van der Waals surface area contributed by atoms with Gasteiger partial charge in [-0.05, 0) is 85.2 Å². The van der Waals surface area contributed by atoms with E-state index in [0.717, 1.165) is 9.13 Å². The zero-order chi connectivity index (χ0) is 21.9. The minimum Gasteiger partial charge on any atom is -0.363 e. The molecule has 0 bridgehead atoms. The first-order chi connectivity index (χ1) is 13.7. The number of hydroxylamine groups is 1. The third-order valence-electron chi connectivity index (χ3n) is 4.05. The minimum atomic E-state index is -1.00. The molecule has 7 nitrogen and oxygen atoms in total. The van der Waals surface area contributed by atoms with Crippen molar-refractivity contribution >= 4 is 40.5 Å². The summed E-state index contributed by atoms with van der Waals surface area (Å²) in [6, 6.07) is 7.91. The number of ketones is 1. The third kappa shape index (κ3) is 9.16. The zero-order valence-corrected chi connectivity index (χ0v) is 18.9. The van der Waals surface area contributed by atoms with Crippen LogP contribution in [0.5, 0.6) is 0 Å². The maximum absolute atomic E-state index is 12.6. The number of rotatable bonds is 10. The summed E-state index contributed by atoms with van der Waals surface area (Å²) in [6.45, 7) is 5.35. The van der Waals surface area contributed by atoms with E-state index in [2.05, 4.69) is 32.9 Å². The van der Waals surface area contributed by atoms with E-state index in [9.17, 15) is 9.59 Å². The summed E-state index contributed by atoms with van der Waals surface area (Å²) in [5.41, 5.74) is 8.43. The standard InChI is InChI=1S/C21H27IN4O3/c1-4-15(8-11-20(28)26-29)13-24-19(5-2)25-14-18(27)21(3,23)12-16-6-9-17(22)10-7-16/h4-11,13,25,29H,12,14,23H2,1-3H3,(H,26,28)/b11-8+,15-4?,19-5+,24-13-. The number of nitrogens with two attached hydrogens (primary N) is 1. The highest BCUT2D eigenvalue weighted by Gasteiger charge is 2.28. The summed E-state index contributed by atoms with van der Waals surface area (Å²) < 4.78 is 1.13. The Morgan fingerprint density at radius 1 is 1.21 bits per heavy atom. The fourth-order valence-corrected chi connectivity index (χ4v) is 2.65. The molecule has 156 valence electrons. The first-order valence-electron chi connectivity index (χ1n) is 9.01. The van der Waals surface area contributed by atoms with Crippen molar-refractivity contribution in [2.75, 3.05) is 6.54 Å². The van der Waals surface area contributed by atoms with E-state index < -0.39 is 11.4 Å². The second-order valence-corrected chi connectivity index (χ2v) is 7.77. The van der Waals surface area contributed by atoms with Crippen LogP contribution in [0.3, 0.4) is 0 Å². The van der Waals surface area contributed by atoms with Gasteiger partial charge in [-0.25, -0.2) is 10.5 Å². The van der Waals surface area contributed by atoms with Crippen molar-refractivity contribution in [1.82, 2.24) is 10.8 Å². The van der Waals surface area contributed by atoms with Gasteiger partial charge in [0.2, 0.25) is 0 Å². The van der Waals surface area contributed by atoms with Crippen LogP contribution in [-0.4, -0.2) is 35.2 Å². The van der Waals surface area contributed by atoms with Gasteiger partial charge in [0.25, 0.3) is 5.91 Å². The summed E-state index contributed by atoms with van der Waals surface area (Å²) in [7, 11) is 0. The Morgan fingerprint density at radius 2 is 1.86 bits per heavy atom. The summed E-state index contributed by atoms with van der Waals surface area (Å²) in [6.07, 6.45) is 8.15. The minimum absolute atomic E-state index is 0.0440. The maximum Gasteiger partial charge on any atom is 0.267 e. The van der Waals surface area contributed by atoms with Crippen LogP contribution >= 0.6 is 22.6 Å². The lowest BCUT2D eigenvalue weighted by molar-refractivity contribution is -0.124. The smallest absolute Gasteiger partial charge is 0.267 e. The number of hydrogen-bond donors (Lipinski definition) is 4. The maximum atomic E-state index is 12.6. The molecule has 1 unspecified atom stereocenters. The second kappa shape index (κ2) is 12.3. The Hall–Kier alpha value is -2.30. The van der Waals surface area contributed by atoms with Crippen LogP contribution in [0.15, 0.2) is 65.0 Å². The summed E-state index contributed by atoms with van der Waals surface area (Å²) in [5, 5.41) is 11.5. The highest BCUT2D eigenvalue weighted by Crippen LogP contribution is 2.14. The molecule has 0 fully saturated rings. The van der Waals surface area contributed by atoms with Crippen molar-refractivity contribution < 1.29 is 14.8 Å². The number of carbonyl (C=O) groups is 2. The molecule has 1 amide bonds. The topological polar surface area (TPSA) is 117 Å². The molecule has 1 aromatic carbocycles. The van der Waals surface area contributed by atoms with E-state index in [0.29, 0.717) is 17.8 Å². The van der Waals surface area contributed by atoms with Crippen molar-refractivity contribution in [3.8, 4) is 0 Å². The molecule has 29 heavy (non-hydrogen) atoms. The molecule has 0 heterocycles. The molecule has 0 saturated heterocycles. The number of nitrogens with one attached hydrogen (secondary N) is 2. The van der Waals surface area contributed by atoms with Gasteiger partial charge in [0.15, 0.2) is 5.78 Å². The number of Topliss-reactive ketones (excluding diaryl/α,β-unsaturated/α-hetero) is 1. The number of halogens is 1.